The van der Waals surface area contributed by atoms with Crippen molar-refractivity contribution in [2.24, 2.45) is 0 Å². The van der Waals surface area contributed by atoms with Gasteiger partial charge in [-0.3, -0.25) is 4.79 Å². The normalized spacial score (nSPS) is 10.3. The first kappa shape index (κ1) is 10.8. The number of H-pyrrole nitrogens is 1. The van der Waals surface area contributed by atoms with Crippen molar-refractivity contribution in [3.8, 4) is 0 Å². The molecule has 0 saturated heterocycles. The van der Waals surface area contributed by atoms with E-state index in [4.69, 9.17) is 0 Å². The number of nitrogens with one attached hydrogen (secondary N) is 2. The molecular weight excluding hydrogens is 224 g/mol. The van der Waals surface area contributed by atoms with Crippen molar-refractivity contribution in [2.75, 3.05) is 5.32 Å². The van der Waals surface area contributed by atoms with Crippen LogP contribution in [0.1, 0.15) is 16.8 Å². The quantitative estimate of drug-likeness (QED) is 0.841. The van der Waals surface area contributed by atoms with E-state index in [0.717, 1.165) is 11.4 Å². The van der Waals surface area contributed by atoms with Gasteiger partial charge < -0.3 is 10.3 Å². The van der Waals surface area contributed by atoms with Crippen LogP contribution in [-0.2, 0) is 13.0 Å². The molecule has 0 unspecified atom stereocenters. The van der Waals surface area contributed by atoms with E-state index >= 15 is 0 Å². The number of nitrogens with zero attached hydrogens (tertiary/aromatic N) is 2. The van der Waals surface area contributed by atoms with Gasteiger partial charge >= 0.3 is 0 Å². The third-order valence-corrected chi connectivity index (χ3v) is 3.19. The molecule has 0 aromatic carbocycles. The number of rotatable bonds is 4. The molecule has 0 spiro atoms. The predicted molar refractivity (Wildman–Crippen MR) is 63.7 cm³/mol. The zero-order valence-electron chi connectivity index (χ0n) is 8.86. The monoisotopic (exact) mass is 236 g/mol. The molecule has 0 amide bonds. The zero-order chi connectivity index (χ0) is 11.4. The number of aryl methyl sites for hydroxylation is 1. The molecule has 0 atom stereocenters. The number of hydrogen-bond acceptors (Lipinski definition) is 5. The molecule has 2 rings (SSSR count). The molecule has 2 aromatic heterocycles. The van der Waals surface area contributed by atoms with E-state index in [0.29, 0.717) is 12.4 Å². The van der Waals surface area contributed by atoms with Crippen molar-refractivity contribution in [3.05, 3.63) is 38.8 Å². The van der Waals surface area contributed by atoms with Crippen molar-refractivity contribution in [1.29, 1.82) is 0 Å². The fourth-order valence-corrected chi connectivity index (χ4v) is 2.03. The average molecular weight is 236 g/mol. The first-order valence-electron chi connectivity index (χ1n) is 5.00. The van der Waals surface area contributed by atoms with Gasteiger partial charge in [0.15, 0.2) is 0 Å². The highest BCUT2D eigenvalue weighted by Crippen LogP contribution is 2.14. The maximum absolute atomic E-state index is 11.0. The molecule has 0 radical (unpaired) electrons. The average Bonchev–Trinajstić information content (AvgIpc) is 2.74. The summed E-state index contributed by atoms with van der Waals surface area (Å²) >= 11 is 1.67. The van der Waals surface area contributed by atoms with Crippen LogP contribution in [0.15, 0.2) is 23.4 Å². The summed E-state index contributed by atoms with van der Waals surface area (Å²) in [6, 6.07) is 1.42. The van der Waals surface area contributed by atoms with Crippen molar-refractivity contribution in [1.82, 2.24) is 15.0 Å². The largest absolute Gasteiger partial charge is 0.363 e. The van der Waals surface area contributed by atoms with Gasteiger partial charge in [-0.25, -0.2) is 9.97 Å². The smallest absolute Gasteiger partial charge is 0.252 e. The SMILES string of the molecule is CCc1cnc(CNc2cc(=O)[nH]cn2)s1. The summed E-state index contributed by atoms with van der Waals surface area (Å²) in [5.74, 6) is 0.567. The molecule has 0 fully saturated rings. The Hall–Kier alpha value is -1.69. The fraction of sp³-hybridized carbons (Fsp3) is 0.300. The van der Waals surface area contributed by atoms with Crippen LogP contribution in [-0.4, -0.2) is 15.0 Å². The lowest BCUT2D eigenvalue weighted by atomic mass is 10.4. The van der Waals surface area contributed by atoms with Crippen molar-refractivity contribution in [2.45, 2.75) is 19.9 Å². The van der Waals surface area contributed by atoms with Gasteiger partial charge in [0, 0.05) is 17.1 Å². The highest BCUT2D eigenvalue weighted by atomic mass is 32.1. The Morgan fingerprint density at radius 1 is 1.50 bits per heavy atom. The van der Waals surface area contributed by atoms with E-state index in [2.05, 4.69) is 27.2 Å². The van der Waals surface area contributed by atoms with E-state index in [-0.39, 0.29) is 5.56 Å². The lowest BCUT2D eigenvalue weighted by molar-refractivity contribution is 1.04. The second-order valence-electron chi connectivity index (χ2n) is 3.22. The number of aromatic nitrogens is 3. The van der Waals surface area contributed by atoms with Crippen LogP contribution in [0.3, 0.4) is 0 Å². The molecule has 0 bridgehead atoms. The van der Waals surface area contributed by atoms with Crippen molar-refractivity contribution in [3.63, 3.8) is 0 Å². The zero-order valence-corrected chi connectivity index (χ0v) is 9.67. The van der Waals surface area contributed by atoms with Crippen LogP contribution in [0.25, 0.3) is 0 Å². The predicted octanol–water partition coefficient (Wildman–Crippen LogP) is 1.40. The van der Waals surface area contributed by atoms with Gasteiger partial charge in [0.2, 0.25) is 0 Å². The Morgan fingerprint density at radius 3 is 3.06 bits per heavy atom. The molecule has 2 heterocycles. The molecule has 0 aliphatic carbocycles. The summed E-state index contributed by atoms with van der Waals surface area (Å²) in [7, 11) is 0. The Bertz CT molecular complexity index is 519. The molecule has 5 nitrogen and oxygen atoms in total. The second-order valence-corrected chi connectivity index (χ2v) is 4.42. The topological polar surface area (TPSA) is 70.7 Å². The van der Waals surface area contributed by atoms with E-state index in [1.165, 1.54) is 17.3 Å². The summed E-state index contributed by atoms with van der Waals surface area (Å²) in [6.07, 6.45) is 4.26. The van der Waals surface area contributed by atoms with Crippen LogP contribution >= 0.6 is 11.3 Å². The number of hydrogen-bond donors (Lipinski definition) is 2. The molecule has 2 aromatic rings. The molecule has 0 saturated carbocycles. The third-order valence-electron chi connectivity index (χ3n) is 2.05. The van der Waals surface area contributed by atoms with Gasteiger partial charge in [-0.15, -0.1) is 11.3 Å². The fourth-order valence-electron chi connectivity index (χ4n) is 1.22. The maximum atomic E-state index is 11.0. The number of anilines is 1. The van der Waals surface area contributed by atoms with Crippen LogP contribution in [0, 0.1) is 0 Å². The second kappa shape index (κ2) is 4.89. The Kier molecular flexibility index (Phi) is 3.31. The standard InChI is InChI=1S/C10H12N4OS/c1-2-7-4-12-10(16-7)5-11-8-3-9(15)14-6-13-8/h3-4,6H,2,5H2,1H3,(H2,11,13,14,15). The lowest BCUT2D eigenvalue weighted by Crippen LogP contribution is -2.08. The molecule has 16 heavy (non-hydrogen) atoms. The van der Waals surface area contributed by atoms with Gasteiger partial charge in [-0.05, 0) is 6.42 Å². The Balaban J connectivity index is 1.99. The minimum absolute atomic E-state index is 0.161. The van der Waals surface area contributed by atoms with Crippen molar-refractivity contribution >= 4 is 17.2 Å². The first-order chi connectivity index (χ1) is 7.78. The highest BCUT2D eigenvalue weighted by Gasteiger charge is 2.00. The third kappa shape index (κ3) is 2.66. The van der Waals surface area contributed by atoms with Crippen LogP contribution in [0.5, 0.6) is 0 Å². The van der Waals surface area contributed by atoms with Crippen LogP contribution in [0.2, 0.25) is 0 Å². The lowest BCUT2D eigenvalue weighted by Gasteiger charge is -2.00. The van der Waals surface area contributed by atoms with Crippen LogP contribution in [0.4, 0.5) is 5.82 Å². The number of aromatic amines is 1. The van der Waals surface area contributed by atoms with Crippen LogP contribution < -0.4 is 10.9 Å². The Labute approximate surface area is 96.6 Å². The summed E-state index contributed by atoms with van der Waals surface area (Å²) in [5, 5.41) is 4.06. The summed E-state index contributed by atoms with van der Waals surface area (Å²) in [5.41, 5.74) is -0.161. The van der Waals surface area contributed by atoms with E-state index in [1.807, 2.05) is 6.20 Å². The molecule has 0 aliphatic heterocycles. The summed E-state index contributed by atoms with van der Waals surface area (Å²) in [4.78, 5) is 23.0. The molecule has 84 valence electrons. The molecule has 6 heteroatoms. The van der Waals surface area contributed by atoms with Gasteiger partial charge in [-0.2, -0.15) is 0 Å². The van der Waals surface area contributed by atoms with Gasteiger partial charge in [0.1, 0.15) is 10.8 Å². The summed E-state index contributed by atoms with van der Waals surface area (Å²) < 4.78 is 0. The minimum Gasteiger partial charge on any atom is -0.363 e. The highest BCUT2D eigenvalue weighted by molar-refractivity contribution is 7.11. The Morgan fingerprint density at radius 2 is 2.38 bits per heavy atom. The van der Waals surface area contributed by atoms with Gasteiger partial charge in [-0.1, -0.05) is 6.92 Å². The molecule has 2 N–H and O–H groups in total. The maximum Gasteiger partial charge on any atom is 0.252 e. The van der Waals surface area contributed by atoms with E-state index in [1.54, 1.807) is 11.3 Å². The van der Waals surface area contributed by atoms with E-state index < -0.39 is 0 Å². The minimum atomic E-state index is -0.161. The van der Waals surface area contributed by atoms with E-state index in [9.17, 15) is 4.79 Å². The van der Waals surface area contributed by atoms with Crippen molar-refractivity contribution < 1.29 is 0 Å². The van der Waals surface area contributed by atoms with Gasteiger partial charge in [0.25, 0.3) is 5.56 Å². The molecule has 0 aliphatic rings. The van der Waals surface area contributed by atoms with Gasteiger partial charge in [0.05, 0.1) is 12.9 Å². The number of thiazole rings is 1. The molecular formula is C10H12N4OS. The summed E-state index contributed by atoms with van der Waals surface area (Å²) in [6.45, 7) is 2.70. The first-order valence-corrected chi connectivity index (χ1v) is 5.81.